The van der Waals surface area contributed by atoms with Gasteiger partial charge < -0.3 is 20.1 Å². The minimum absolute atomic E-state index is 0.0841. The molecule has 0 spiro atoms. The van der Waals surface area contributed by atoms with Crippen molar-refractivity contribution in [3.05, 3.63) is 53.6 Å². The number of hydrogen-bond acceptors (Lipinski definition) is 4. The van der Waals surface area contributed by atoms with Gasteiger partial charge >= 0.3 is 6.03 Å². The lowest BCUT2D eigenvalue weighted by molar-refractivity contribution is 0.224. The van der Waals surface area contributed by atoms with Crippen LogP contribution in [0.15, 0.2) is 42.5 Å². The number of benzene rings is 2. The van der Waals surface area contributed by atoms with E-state index in [0.29, 0.717) is 13.2 Å². The molecular weight excluding hydrogens is 366 g/mol. The zero-order chi connectivity index (χ0) is 20.6. The van der Waals surface area contributed by atoms with Gasteiger partial charge in [0.15, 0.2) is 0 Å². The van der Waals surface area contributed by atoms with Gasteiger partial charge in [-0.25, -0.2) is 4.79 Å². The van der Waals surface area contributed by atoms with E-state index in [9.17, 15) is 4.79 Å². The van der Waals surface area contributed by atoms with Crippen LogP contribution in [-0.2, 0) is 0 Å². The molecule has 6 nitrogen and oxygen atoms in total. The van der Waals surface area contributed by atoms with Gasteiger partial charge in [0.25, 0.3) is 0 Å². The second kappa shape index (κ2) is 10.2. The number of ether oxygens (including phenoxy) is 2. The molecule has 2 aromatic rings. The zero-order valence-corrected chi connectivity index (χ0v) is 17.5. The number of rotatable bonds is 8. The monoisotopic (exact) mass is 397 g/mol. The minimum atomic E-state index is -0.212. The number of para-hydroxylation sites is 1. The minimum Gasteiger partial charge on any atom is -0.496 e. The molecule has 1 heterocycles. The lowest BCUT2D eigenvalue weighted by atomic mass is 10.0. The maximum Gasteiger partial charge on any atom is 0.319 e. The van der Waals surface area contributed by atoms with Crippen molar-refractivity contribution in [2.45, 2.75) is 32.7 Å². The maximum atomic E-state index is 12.6. The number of aryl methyl sites for hydroxylation is 1. The topological polar surface area (TPSA) is 62.8 Å². The summed E-state index contributed by atoms with van der Waals surface area (Å²) in [5.74, 6) is 1.66. The maximum absolute atomic E-state index is 12.6. The van der Waals surface area contributed by atoms with Crippen LogP contribution in [0.2, 0.25) is 0 Å². The highest BCUT2D eigenvalue weighted by Crippen LogP contribution is 2.31. The molecule has 1 aliphatic heterocycles. The molecule has 1 saturated heterocycles. The molecule has 3 rings (SSSR count). The van der Waals surface area contributed by atoms with Crippen LogP contribution in [0.3, 0.4) is 0 Å². The molecule has 0 radical (unpaired) electrons. The fraction of sp³-hybridized carbons (Fsp3) is 0.435. The van der Waals surface area contributed by atoms with Gasteiger partial charge in [0.1, 0.15) is 11.5 Å². The van der Waals surface area contributed by atoms with Crippen molar-refractivity contribution in [3.8, 4) is 11.5 Å². The Labute approximate surface area is 173 Å². The Morgan fingerprint density at radius 2 is 1.93 bits per heavy atom. The van der Waals surface area contributed by atoms with Crippen LogP contribution < -0.4 is 20.1 Å². The Morgan fingerprint density at radius 1 is 1.17 bits per heavy atom. The van der Waals surface area contributed by atoms with E-state index in [4.69, 9.17) is 9.47 Å². The molecule has 1 atom stereocenters. The molecule has 2 N–H and O–H groups in total. The molecule has 156 valence electrons. The van der Waals surface area contributed by atoms with Crippen LogP contribution in [0, 0.1) is 6.92 Å². The molecule has 0 aliphatic carbocycles. The van der Waals surface area contributed by atoms with Gasteiger partial charge in [0.05, 0.1) is 19.8 Å². The summed E-state index contributed by atoms with van der Waals surface area (Å²) in [4.78, 5) is 15.0. The lowest BCUT2D eigenvalue weighted by Crippen LogP contribution is -2.38. The highest BCUT2D eigenvalue weighted by atomic mass is 16.5. The largest absolute Gasteiger partial charge is 0.496 e. The molecule has 0 aromatic heterocycles. The molecule has 2 amide bonds. The van der Waals surface area contributed by atoms with Crippen molar-refractivity contribution in [1.82, 2.24) is 10.2 Å². The van der Waals surface area contributed by atoms with Gasteiger partial charge in [0, 0.05) is 17.8 Å². The van der Waals surface area contributed by atoms with Gasteiger partial charge in [-0.15, -0.1) is 0 Å². The number of anilines is 1. The van der Waals surface area contributed by atoms with E-state index in [1.807, 2.05) is 50.2 Å². The van der Waals surface area contributed by atoms with E-state index >= 15 is 0 Å². The first-order valence-corrected chi connectivity index (χ1v) is 10.3. The summed E-state index contributed by atoms with van der Waals surface area (Å²) < 4.78 is 11.1. The molecule has 1 fully saturated rings. The van der Waals surface area contributed by atoms with Crippen LogP contribution >= 0.6 is 0 Å². The van der Waals surface area contributed by atoms with Gasteiger partial charge in [-0.05, 0) is 69.6 Å². The smallest absolute Gasteiger partial charge is 0.319 e. The lowest BCUT2D eigenvalue weighted by Gasteiger charge is -2.29. The number of methoxy groups -OCH3 is 1. The number of nitrogens with zero attached hydrogens (tertiary/aromatic N) is 1. The summed E-state index contributed by atoms with van der Waals surface area (Å²) in [6.07, 6.45) is 2.37. The summed E-state index contributed by atoms with van der Waals surface area (Å²) >= 11 is 0. The number of nitrogens with one attached hydrogen (secondary N) is 2. The van der Waals surface area contributed by atoms with E-state index in [1.54, 1.807) is 7.11 Å². The van der Waals surface area contributed by atoms with Crippen molar-refractivity contribution < 1.29 is 14.3 Å². The van der Waals surface area contributed by atoms with Gasteiger partial charge in [0.2, 0.25) is 0 Å². The van der Waals surface area contributed by atoms with Crippen molar-refractivity contribution in [3.63, 3.8) is 0 Å². The average molecular weight is 398 g/mol. The molecular formula is C23H31N3O3. The zero-order valence-electron chi connectivity index (χ0n) is 17.5. The Bertz CT molecular complexity index is 819. The first kappa shape index (κ1) is 21.0. The Kier molecular flexibility index (Phi) is 7.36. The van der Waals surface area contributed by atoms with E-state index in [-0.39, 0.29) is 12.1 Å². The fourth-order valence-electron chi connectivity index (χ4n) is 3.82. The third kappa shape index (κ3) is 5.41. The first-order chi connectivity index (χ1) is 14.1. The number of carbonyl (C=O) groups is 1. The second-order valence-corrected chi connectivity index (χ2v) is 7.25. The summed E-state index contributed by atoms with van der Waals surface area (Å²) in [7, 11) is 1.69. The molecule has 1 unspecified atom stereocenters. The fourth-order valence-corrected chi connectivity index (χ4v) is 3.82. The second-order valence-electron chi connectivity index (χ2n) is 7.25. The summed E-state index contributed by atoms with van der Waals surface area (Å²) in [6.45, 7) is 7.11. The van der Waals surface area contributed by atoms with Crippen LogP contribution in [0.4, 0.5) is 10.5 Å². The van der Waals surface area contributed by atoms with Crippen LogP contribution in [0.5, 0.6) is 11.5 Å². The van der Waals surface area contributed by atoms with Crippen molar-refractivity contribution in [1.29, 1.82) is 0 Å². The molecule has 1 aliphatic rings. The number of likely N-dealkylation sites (tertiary alicyclic amines) is 1. The van der Waals surface area contributed by atoms with Gasteiger partial charge in [-0.2, -0.15) is 0 Å². The van der Waals surface area contributed by atoms with E-state index < -0.39 is 0 Å². The van der Waals surface area contributed by atoms with Crippen molar-refractivity contribution >= 4 is 11.7 Å². The van der Waals surface area contributed by atoms with E-state index in [0.717, 1.165) is 41.4 Å². The Hall–Kier alpha value is -2.73. The molecule has 6 heteroatoms. The molecule has 2 aromatic carbocycles. The predicted octanol–water partition coefficient (Wildman–Crippen LogP) is 4.36. The quantitative estimate of drug-likeness (QED) is 0.695. The van der Waals surface area contributed by atoms with E-state index in [1.165, 1.54) is 12.8 Å². The number of carbonyl (C=O) groups excluding carboxylic acids is 1. The summed E-state index contributed by atoms with van der Waals surface area (Å²) in [6, 6.07) is 13.6. The van der Waals surface area contributed by atoms with Crippen LogP contribution in [-0.4, -0.2) is 44.3 Å². The Balaban J connectivity index is 1.67. The number of urea groups is 1. The highest BCUT2D eigenvalue weighted by Gasteiger charge is 2.26. The van der Waals surface area contributed by atoms with Gasteiger partial charge in [-0.1, -0.05) is 18.2 Å². The van der Waals surface area contributed by atoms with E-state index in [2.05, 4.69) is 21.6 Å². The first-order valence-electron chi connectivity index (χ1n) is 10.3. The molecule has 0 saturated carbocycles. The summed E-state index contributed by atoms with van der Waals surface area (Å²) in [5, 5.41) is 6.00. The van der Waals surface area contributed by atoms with Crippen LogP contribution in [0.1, 0.15) is 36.9 Å². The molecule has 29 heavy (non-hydrogen) atoms. The van der Waals surface area contributed by atoms with Crippen LogP contribution in [0.25, 0.3) is 0 Å². The van der Waals surface area contributed by atoms with Crippen molar-refractivity contribution in [2.24, 2.45) is 0 Å². The van der Waals surface area contributed by atoms with Crippen molar-refractivity contribution in [2.75, 3.05) is 38.7 Å². The van der Waals surface area contributed by atoms with Gasteiger partial charge in [-0.3, -0.25) is 4.90 Å². The standard InChI is InChI=1S/C23H31N3O3/c1-4-29-18-11-12-20(17(2)15-18)25-23(27)24-16-21(26-13-7-8-14-26)19-9-5-6-10-22(19)28-3/h5-6,9-12,15,21H,4,7-8,13-14,16H2,1-3H3,(H2,24,25,27). The third-order valence-electron chi connectivity index (χ3n) is 5.29. The highest BCUT2D eigenvalue weighted by molar-refractivity contribution is 5.90. The third-order valence-corrected chi connectivity index (χ3v) is 5.29. The number of amides is 2. The number of hydrogen-bond donors (Lipinski definition) is 2. The predicted molar refractivity (Wildman–Crippen MR) is 116 cm³/mol. The molecule has 0 bridgehead atoms. The Morgan fingerprint density at radius 3 is 2.62 bits per heavy atom. The average Bonchev–Trinajstić information content (AvgIpc) is 3.25. The summed E-state index contributed by atoms with van der Waals surface area (Å²) in [5.41, 5.74) is 2.85. The SMILES string of the molecule is CCOc1ccc(NC(=O)NCC(c2ccccc2OC)N2CCCC2)c(C)c1. The normalized spacial score (nSPS) is 15.0.